The van der Waals surface area contributed by atoms with Crippen molar-refractivity contribution < 1.29 is 47.3 Å². The van der Waals surface area contributed by atoms with Crippen LogP contribution in [0.4, 0.5) is 9.18 Å². The first-order valence-electron chi connectivity index (χ1n) is 18.7. The summed E-state index contributed by atoms with van der Waals surface area (Å²) in [4.78, 5) is 70.3. The molecule has 0 saturated carbocycles. The molecular formula is C43H63FN2O9. The predicted molar refractivity (Wildman–Crippen MR) is 209 cm³/mol. The summed E-state index contributed by atoms with van der Waals surface area (Å²) in [6.07, 6.45) is -4.08. The van der Waals surface area contributed by atoms with Gasteiger partial charge in [-0.25, -0.2) is 23.6 Å². The minimum atomic E-state index is -1.92. The predicted octanol–water partition coefficient (Wildman–Crippen LogP) is 7.75. The van der Waals surface area contributed by atoms with Crippen LogP contribution < -0.4 is 0 Å². The zero-order chi connectivity index (χ0) is 42.1. The van der Waals surface area contributed by atoms with E-state index in [9.17, 15) is 24.0 Å². The van der Waals surface area contributed by atoms with E-state index in [1.807, 2.05) is 63.2 Å². The van der Waals surface area contributed by atoms with Crippen molar-refractivity contribution in [1.82, 2.24) is 9.80 Å². The fraction of sp³-hybridized carbons (Fsp3) is 0.605. The first kappa shape index (κ1) is 46.7. The molecule has 0 bridgehead atoms. The van der Waals surface area contributed by atoms with Crippen molar-refractivity contribution in [2.75, 3.05) is 14.1 Å². The number of nitrogens with zero attached hydrogens (tertiary/aromatic N) is 2. The largest absolute Gasteiger partial charge is 0.458 e. The molecule has 0 aliphatic carbocycles. The molecule has 2 amide bonds. The number of ether oxygens (including phenoxy) is 4. The summed E-state index contributed by atoms with van der Waals surface area (Å²) in [6.45, 7) is 20.7. The number of esters is 3. The zero-order valence-electron chi connectivity index (χ0n) is 35.3. The van der Waals surface area contributed by atoms with Crippen LogP contribution in [0.25, 0.3) is 0 Å². The van der Waals surface area contributed by atoms with E-state index in [2.05, 4.69) is 20.8 Å². The maximum atomic E-state index is 15.2. The van der Waals surface area contributed by atoms with Gasteiger partial charge < -0.3 is 23.8 Å². The molecule has 0 N–H and O–H groups in total. The Hall–Kier alpha value is -4.48. The number of likely N-dealkylation sites (N-methyl/N-ethyl adjacent to an activating group) is 2. The Balaban J connectivity index is 2.49. The lowest BCUT2D eigenvalue weighted by atomic mass is 9.86. The number of alkyl halides is 1. The number of amides is 2. The number of halogens is 1. The van der Waals surface area contributed by atoms with Crippen molar-refractivity contribution in [3.8, 4) is 0 Å². The molecule has 4 unspecified atom stereocenters. The highest BCUT2D eigenvalue weighted by molar-refractivity contribution is 5.90. The lowest BCUT2D eigenvalue weighted by Gasteiger charge is -2.35. The lowest BCUT2D eigenvalue weighted by Crippen LogP contribution is -2.53. The third-order valence-electron chi connectivity index (χ3n) is 8.62. The Morgan fingerprint density at radius 1 is 0.673 bits per heavy atom. The summed E-state index contributed by atoms with van der Waals surface area (Å²) in [5.74, 6) is -3.38. The molecular weight excluding hydrogens is 707 g/mol. The van der Waals surface area contributed by atoms with Crippen LogP contribution in [0.1, 0.15) is 113 Å². The van der Waals surface area contributed by atoms with Gasteiger partial charge in [-0.2, -0.15) is 0 Å². The molecule has 0 aliphatic rings. The molecule has 55 heavy (non-hydrogen) atoms. The van der Waals surface area contributed by atoms with Crippen LogP contribution >= 0.6 is 0 Å². The summed E-state index contributed by atoms with van der Waals surface area (Å²) in [7, 11) is 2.71. The van der Waals surface area contributed by atoms with Crippen LogP contribution in [0.3, 0.4) is 0 Å². The van der Waals surface area contributed by atoms with Gasteiger partial charge in [0, 0.05) is 26.9 Å². The molecule has 0 fully saturated rings. The van der Waals surface area contributed by atoms with Gasteiger partial charge in [0.2, 0.25) is 0 Å². The highest BCUT2D eigenvalue weighted by Crippen LogP contribution is 2.28. The van der Waals surface area contributed by atoms with Crippen LogP contribution in [0.15, 0.2) is 54.6 Å². The van der Waals surface area contributed by atoms with E-state index in [-0.39, 0.29) is 24.9 Å². The maximum absolute atomic E-state index is 15.2. The van der Waals surface area contributed by atoms with Crippen molar-refractivity contribution in [3.05, 3.63) is 71.3 Å². The van der Waals surface area contributed by atoms with E-state index in [1.54, 1.807) is 32.9 Å². The molecule has 11 nitrogen and oxygen atoms in total. The smallest absolute Gasteiger partial charge is 0.410 e. The topological polar surface area (TPSA) is 129 Å². The minimum Gasteiger partial charge on any atom is -0.458 e. The second-order valence-electron chi connectivity index (χ2n) is 18.0. The van der Waals surface area contributed by atoms with E-state index >= 15 is 4.39 Å². The van der Waals surface area contributed by atoms with E-state index in [0.717, 1.165) is 20.9 Å². The van der Waals surface area contributed by atoms with Gasteiger partial charge in [-0.1, -0.05) is 96.1 Å². The van der Waals surface area contributed by atoms with Crippen molar-refractivity contribution >= 4 is 29.9 Å². The van der Waals surface area contributed by atoms with E-state index in [1.165, 1.54) is 34.9 Å². The Morgan fingerprint density at radius 2 is 1.20 bits per heavy atom. The van der Waals surface area contributed by atoms with Crippen molar-refractivity contribution in [2.45, 2.75) is 150 Å². The summed E-state index contributed by atoms with van der Waals surface area (Å²) >= 11 is 0. The van der Waals surface area contributed by atoms with E-state index < -0.39 is 77.3 Å². The average Bonchev–Trinajstić information content (AvgIpc) is 3.05. The molecule has 2 aromatic carbocycles. The third kappa shape index (κ3) is 16.0. The SMILES string of the molecule is CC(OC(=O)C(CC(C)(C)C)N(C)C(=O)C(Cc1ccc(C(C)(C)C)cc1)OC(=O)C(CC(C)(C)F)N(C)C(=O)OC(C)(C)C)C(=O)OCc1ccccc1. The van der Waals surface area contributed by atoms with Crippen molar-refractivity contribution in [3.63, 3.8) is 0 Å². The summed E-state index contributed by atoms with van der Waals surface area (Å²) in [5, 5.41) is 0. The molecule has 0 radical (unpaired) electrons. The highest BCUT2D eigenvalue weighted by Gasteiger charge is 2.41. The number of hydrogen-bond acceptors (Lipinski definition) is 9. The second-order valence-corrected chi connectivity index (χ2v) is 18.0. The van der Waals surface area contributed by atoms with Gasteiger partial charge in [-0.15, -0.1) is 0 Å². The lowest BCUT2D eigenvalue weighted by molar-refractivity contribution is -0.174. The zero-order valence-corrected chi connectivity index (χ0v) is 35.3. The second kappa shape index (κ2) is 18.9. The van der Waals surface area contributed by atoms with Crippen LogP contribution in [0.5, 0.6) is 0 Å². The number of carbonyl (C=O) groups is 5. The van der Waals surface area contributed by atoms with Gasteiger partial charge in [-0.3, -0.25) is 9.69 Å². The normalized spacial score (nSPS) is 14.5. The number of benzene rings is 2. The average molecular weight is 771 g/mol. The fourth-order valence-corrected chi connectivity index (χ4v) is 5.54. The Kier molecular flexibility index (Phi) is 16.0. The quantitative estimate of drug-likeness (QED) is 0.132. The van der Waals surface area contributed by atoms with Crippen molar-refractivity contribution in [1.29, 1.82) is 0 Å². The molecule has 0 aliphatic heterocycles. The van der Waals surface area contributed by atoms with Crippen LogP contribution in [0, 0.1) is 5.41 Å². The number of hydrogen-bond donors (Lipinski definition) is 0. The standard InChI is InChI=1S/C43H63FN2O9/c1-28(36(48)52-27-30-18-16-15-17-19-30)53-37(49)32(25-40(2,3)4)45(13)35(47)34(24-29-20-22-31(23-21-29)41(5,6)7)54-38(50)33(26-43(11,12)44)46(14)39(51)55-42(8,9)10/h15-23,28,32-34H,24-27H2,1-14H3. The van der Waals surface area contributed by atoms with Gasteiger partial charge in [0.15, 0.2) is 12.2 Å². The fourth-order valence-electron chi connectivity index (χ4n) is 5.54. The van der Waals surface area contributed by atoms with Gasteiger partial charge in [0.05, 0.1) is 0 Å². The van der Waals surface area contributed by atoms with Crippen LogP contribution in [-0.2, 0) is 56.6 Å². The highest BCUT2D eigenvalue weighted by atomic mass is 19.1. The van der Waals surface area contributed by atoms with E-state index in [4.69, 9.17) is 18.9 Å². The molecule has 306 valence electrons. The Morgan fingerprint density at radius 3 is 1.69 bits per heavy atom. The summed E-state index contributed by atoms with van der Waals surface area (Å²) < 4.78 is 37.5. The number of carbonyl (C=O) groups excluding carboxylic acids is 5. The maximum Gasteiger partial charge on any atom is 0.410 e. The molecule has 0 spiro atoms. The summed E-state index contributed by atoms with van der Waals surface area (Å²) in [6, 6.07) is 13.9. The van der Waals surface area contributed by atoms with E-state index in [0.29, 0.717) is 5.56 Å². The first-order chi connectivity index (χ1) is 25.1. The Labute approximate surface area is 327 Å². The summed E-state index contributed by atoms with van der Waals surface area (Å²) in [5.41, 5.74) is -1.02. The van der Waals surface area contributed by atoms with Crippen molar-refractivity contribution in [2.24, 2.45) is 5.41 Å². The molecule has 0 heterocycles. The molecule has 2 aromatic rings. The molecule has 2 rings (SSSR count). The molecule has 12 heteroatoms. The third-order valence-corrected chi connectivity index (χ3v) is 8.62. The van der Waals surface area contributed by atoms with Crippen LogP contribution in [-0.4, -0.2) is 89.4 Å². The molecule has 0 aromatic heterocycles. The van der Waals surface area contributed by atoms with Gasteiger partial charge in [-0.05, 0) is 75.5 Å². The molecule has 0 saturated heterocycles. The number of rotatable bonds is 15. The monoisotopic (exact) mass is 770 g/mol. The minimum absolute atomic E-state index is 0.0150. The van der Waals surface area contributed by atoms with Gasteiger partial charge >= 0.3 is 24.0 Å². The van der Waals surface area contributed by atoms with Gasteiger partial charge in [0.25, 0.3) is 5.91 Å². The van der Waals surface area contributed by atoms with Crippen LogP contribution in [0.2, 0.25) is 0 Å². The molecule has 4 atom stereocenters. The first-order valence-corrected chi connectivity index (χ1v) is 18.7. The Bertz CT molecular complexity index is 1600. The van der Waals surface area contributed by atoms with Gasteiger partial charge in [0.1, 0.15) is 30.0 Å².